The zero-order valence-corrected chi connectivity index (χ0v) is 8.06. The molecule has 1 aromatic heterocycles. The van der Waals surface area contributed by atoms with Crippen LogP contribution < -0.4 is 11.5 Å². The maximum atomic E-state index is 5.27. The monoisotopic (exact) mass is 183 g/mol. The predicted octanol–water partition coefficient (Wildman–Crippen LogP) is 1.39. The molecule has 0 saturated carbocycles. The van der Waals surface area contributed by atoms with Crippen molar-refractivity contribution in [1.29, 1.82) is 0 Å². The van der Waals surface area contributed by atoms with Crippen molar-refractivity contribution in [2.45, 2.75) is 19.9 Å². The van der Waals surface area contributed by atoms with Gasteiger partial charge in [0.1, 0.15) is 0 Å². The van der Waals surface area contributed by atoms with Gasteiger partial charge in [-0.05, 0) is 26.0 Å². The Labute approximate surface area is 76.1 Å². The Balaban J connectivity index is 2.78. The first-order valence-electron chi connectivity index (χ1n) is 3.74. The van der Waals surface area contributed by atoms with Crippen molar-refractivity contribution in [3.05, 3.63) is 21.9 Å². The number of hydrogen-bond donors (Lipinski definition) is 2. The number of guanidine groups is 1. The molecule has 1 rings (SSSR count). The number of nitrogens with zero attached hydrogens (tertiary/aromatic N) is 1. The van der Waals surface area contributed by atoms with E-state index in [1.807, 2.05) is 6.92 Å². The second-order valence-electron chi connectivity index (χ2n) is 2.68. The van der Waals surface area contributed by atoms with E-state index in [1.165, 1.54) is 9.75 Å². The molecule has 1 unspecified atom stereocenters. The Morgan fingerprint density at radius 3 is 2.58 bits per heavy atom. The minimum Gasteiger partial charge on any atom is -0.370 e. The summed E-state index contributed by atoms with van der Waals surface area (Å²) >= 11 is 1.72. The molecule has 0 fully saturated rings. The Morgan fingerprint density at radius 1 is 1.50 bits per heavy atom. The van der Waals surface area contributed by atoms with Crippen LogP contribution in [-0.2, 0) is 0 Å². The van der Waals surface area contributed by atoms with Crippen LogP contribution in [0.5, 0.6) is 0 Å². The van der Waals surface area contributed by atoms with Gasteiger partial charge in [0.2, 0.25) is 0 Å². The van der Waals surface area contributed by atoms with Crippen molar-refractivity contribution in [3.8, 4) is 0 Å². The molecule has 12 heavy (non-hydrogen) atoms. The second-order valence-corrected chi connectivity index (χ2v) is 4.00. The van der Waals surface area contributed by atoms with Gasteiger partial charge in [0.25, 0.3) is 0 Å². The molecule has 0 aliphatic heterocycles. The molecule has 66 valence electrons. The van der Waals surface area contributed by atoms with Crippen LogP contribution in [-0.4, -0.2) is 5.96 Å². The van der Waals surface area contributed by atoms with Gasteiger partial charge in [-0.1, -0.05) is 0 Å². The van der Waals surface area contributed by atoms with Gasteiger partial charge in [0.05, 0.1) is 6.04 Å². The summed E-state index contributed by atoms with van der Waals surface area (Å²) in [4.78, 5) is 6.52. The summed E-state index contributed by atoms with van der Waals surface area (Å²) in [7, 11) is 0. The molecule has 4 N–H and O–H groups in total. The Morgan fingerprint density at radius 2 is 2.17 bits per heavy atom. The molecule has 4 heteroatoms. The predicted molar refractivity (Wildman–Crippen MR) is 53.3 cm³/mol. The molecule has 0 spiro atoms. The van der Waals surface area contributed by atoms with E-state index in [9.17, 15) is 0 Å². The Bertz CT molecular complexity index is 286. The maximum absolute atomic E-state index is 5.27. The standard InChI is InChI=1S/C8H13N3S/c1-5-3-4-7(12-5)6(2)11-8(9)10/h3-4,6H,1-2H3,(H4,9,10,11). The van der Waals surface area contributed by atoms with E-state index in [0.717, 1.165) is 0 Å². The number of rotatable bonds is 2. The largest absolute Gasteiger partial charge is 0.370 e. The first-order chi connectivity index (χ1) is 5.59. The summed E-state index contributed by atoms with van der Waals surface area (Å²) in [6.45, 7) is 4.04. The molecule has 0 bridgehead atoms. The van der Waals surface area contributed by atoms with Gasteiger partial charge in [-0.3, -0.25) is 0 Å². The van der Waals surface area contributed by atoms with E-state index < -0.39 is 0 Å². The van der Waals surface area contributed by atoms with Crippen LogP contribution in [0.4, 0.5) is 0 Å². The average molecular weight is 183 g/mol. The van der Waals surface area contributed by atoms with Crippen molar-refractivity contribution < 1.29 is 0 Å². The normalized spacial score (nSPS) is 12.5. The minimum atomic E-state index is 0.0775. The van der Waals surface area contributed by atoms with E-state index in [-0.39, 0.29) is 12.0 Å². The molecular formula is C8H13N3S. The van der Waals surface area contributed by atoms with Crippen molar-refractivity contribution in [3.63, 3.8) is 0 Å². The number of hydrogen-bond acceptors (Lipinski definition) is 2. The average Bonchev–Trinajstić information content (AvgIpc) is 2.34. The van der Waals surface area contributed by atoms with Crippen LogP contribution in [0.1, 0.15) is 22.7 Å². The molecule has 0 aliphatic carbocycles. The van der Waals surface area contributed by atoms with Gasteiger partial charge in [-0.2, -0.15) is 0 Å². The summed E-state index contributed by atoms with van der Waals surface area (Å²) in [6.07, 6.45) is 0. The number of aryl methyl sites for hydroxylation is 1. The summed E-state index contributed by atoms with van der Waals surface area (Å²) in [5.41, 5.74) is 10.5. The first-order valence-corrected chi connectivity index (χ1v) is 4.56. The van der Waals surface area contributed by atoms with Crippen molar-refractivity contribution in [1.82, 2.24) is 0 Å². The third kappa shape index (κ3) is 2.23. The zero-order valence-electron chi connectivity index (χ0n) is 7.24. The van der Waals surface area contributed by atoms with E-state index in [1.54, 1.807) is 11.3 Å². The van der Waals surface area contributed by atoms with Crippen molar-refractivity contribution in [2.75, 3.05) is 0 Å². The van der Waals surface area contributed by atoms with Crippen LogP contribution in [0.3, 0.4) is 0 Å². The second kappa shape index (κ2) is 3.58. The van der Waals surface area contributed by atoms with Crippen molar-refractivity contribution in [2.24, 2.45) is 16.5 Å². The van der Waals surface area contributed by atoms with E-state index in [2.05, 4.69) is 24.0 Å². The first kappa shape index (κ1) is 9.06. The fraction of sp³-hybridized carbons (Fsp3) is 0.375. The minimum absolute atomic E-state index is 0.0775. The highest BCUT2D eigenvalue weighted by Crippen LogP contribution is 2.24. The van der Waals surface area contributed by atoms with Crippen molar-refractivity contribution >= 4 is 17.3 Å². The molecule has 0 saturated heterocycles. The highest BCUT2D eigenvalue weighted by atomic mass is 32.1. The zero-order chi connectivity index (χ0) is 9.14. The summed E-state index contributed by atoms with van der Waals surface area (Å²) in [5.74, 6) is 0.147. The number of nitrogens with two attached hydrogens (primary N) is 2. The Kier molecular flexibility index (Phi) is 2.70. The topological polar surface area (TPSA) is 64.4 Å². The summed E-state index contributed by atoms with van der Waals surface area (Å²) in [5, 5.41) is 0. The maximum Gasteiger partial charge on any atom is 0.186 e. The molecule has 1 aromatic rings. The SMILES string of the molecule is Cc1ccc(C(C)N=C(N)N)s1. The summed E-state index contributed by atoms with van der Waals surface area (Å²) < 4.78 is 0. The Hall–Kier alpha value is -1.03. The quantitative estimate of drug-likeness (QED) is 0.537. The lowest BCUT2D eigenvalue weighted by Gasteiger charge is -2.02. The molecular weight excluding hydrogens is 170 g/mol. The lowest BCUT2D eigenvalue weighted by atomic mass is 10.3. The highest BCUT2D eigenvalue weighted by molar-refractivity contribution is 7.12. The van der Waals surface area contributed by atoms with Crippen LogP contribution in [0, 0.1) is 6.92 Å². The van der Waals surface area contributed by atoms with Gasteiger partial charge in [0, 0.05) is 9.75 Å². The molecule has 1 atom stereocenters. The fourth-order valence-corrected chi connectivity index (χ4v) is 1.83. The lowest BCUT2D eigenvalue weighted by molar-refractivity contribution is 0.835. The van der Waals surface area contributed by atoms with E-state index in [0.29, 0.717) is 0 Å². The molecule has 0 amide bonds. The molecule has 1 heterocycles. The number of thiophene rings is 1. The lowest BCUT2D eigenvalue weighted by Crippen LogP contribution is -2.23. The third-order valence-corrected chi connectivity index (χ3v) is 2.69. The van der Waals surface area contributed by atoms with Crippen LogP contribution in [0.15, 0.2) is 17.1 Å². The van der Waals surface area contributed by atoms with Gasteiger partial charge < -0.3 is 11.5 Å². The third-order valence-electron chi connectivity index (χ3n) is 1.52. The van der Waals surface area contributed by atoms with Gasteiger partial charge in [-0.15, -0.1) is 11.3 Å². The molecule has 0 radical (unpaired) electrons. The van der Waals surface area contributed by atoms with E-state index in [4.69, 9.17) is 11.5 Å². The summed E-state index contributed by atoms with van der Waals surface area (Å²) in [6, 6.07) is 4.20. The highest BCUT2D eigenvalue weighted by Gasteiger charge is 2.05. The molecule has 0 aromatic carbocycles. The molecule has 3 nitrogen and oxygen atoms in total. The fourth-order valence-electron chi connectivity index (χ4n) is 0.965. The van der Waals surface area contributed by atoms with Crippen LogP contribution in [0.2, 0.25) is 0 Å². The van der Waals surface area contributed by atoms with Crippen LogP contribution in [0.25, 0.3) is 0 Å². The number of aliphatic imine (C=N–C) groups is 1. The van der Waals surface area contributed by atoms with Gasteiger partial charge >= 0.3 is 0 Å². The smallest absolute Gasteiger partial charge is 0.186 e. The van der Waals surface area contributed by atoms with Crippen LogP contribution >= 0.6 is 11.3 Å². The molecule has 0 aliphatic rings. The van der Waals surface area contributed by atoms with Gasteiger partial charge in [-0.25, -0.2) is 4.99 Å². The van der Waals surface area contributed by atoms with E-state index >= 15 is 0 Å². The van der Waals surface area contributed by atoms with Gasteiger partial charge in [0.15, 0.2) is 5.96 Å².